The maximum atomic E-state index is 13.2. The molecule has 0 saturated carbocycles. The van der Waals surface area contributed by atoms with E-state index in [0.717, 1.165) is 18.7 Å². The molecule has 7 nitrogen and oxygen atoms in total. The fourth-order valence-electron chi connectivity index (χ4n) is 4.09. The van der Waals surface area contributed by atoms with E-state index in [2.05, 4.69) is 18.7 Å². The number of rotatable bonds is 10. The molecule has 2 aromatic rings. The lowest BCUT2D eigenvalue weighted by atomic mass is 9.95. The number of likely N-dealkylation sites (N-methyl/N-ethyl adjacent to an activating group) is 1. The molecule has 0 spiro atoms. The molecular formula is C26H32N2O5. The molecule has 1 aliphatic rings. The zero-order valence-electron chi connectivity index (χ0n) is 19.7. The number of Topliss-reactive ketones (excluding diaryl/α,β-unsaturated/α-hetero) is 1. The minimum absolute atomic E-state index is 0.0818. The molecule has 0 bridgehead atoms. The van der Waals surface area contributed by atoms with E-state index in [1.54, 1.807) is 36.3 Å². The summed E-state index contributed by atoms with van der Waals surface area (Å²) >= 11 is 0. The van der Waals surface area contributed by atoms with Gasteiger partial charge in [0.05, 0.1) is 25.3 Å². The number of carbonyl (C=O) groups is 2. The van der Waals surface area contributed by atoms with Gasteiger partial charge in [-0.25, -0.2) is 0 Å². The van der Waals surface area contributed by atoms with Gasteiger partial charge in [-0.2, -0.15) is 0 Å². The van der Waals surface area contributed by atoms with Gasteiger partial charge in [0.25, 0.3) is 11.7 Å². The Balaban J connectivity index is 2.10. The summed E-state index contributed by atoms with van der Waals surface area (Å²) in [5, 5.41) is 11.2. The number of benzene rings is 2. The Bertz CT molecular complexity index is 1010. The van der Waals surface area contributed by atoms with Gasteiger partial charge in [0.15, 0.2) is 0 Å². The molecule has 33 heavy (non-hydrogen) atoms. The summed E-state index contributed by atoms with van der Waals surface area (Å²) in [4.78, 5) is 30.0. The number of methoxy groups -OCH3 is 1. The molecule has 1 heterocycles. The molecule has 1 amide bonds. The van der Waals surface area contributed by atoms with Gasteiger partial charge in [0.2, 0.25) is 0 Å². The number of amides is 1. The Labute approximate surface area is 195 Å². The Hall–Kier alpha value is -3.32. The van der Waals surface area contributed by atoms with E-state index in [0.29, 0.717) is 36.8 Å². The number of nitrogens with zero attached hydrogens (tertiary/aromatic N) is 2. The summed E-state index contributed by atoms with van der Waals surface area (Å²) in [5.74, 6) is -0.215. The minimum atomic E-state index is -0.705. The largest absolute Gasteiger partial charge is 0.507 e. The second-order valence-electron chi connectivity index (χ2n) is 7.75. The van der Waals surface area contributed by atoms with Crippen LogP contribution in [0.1, 0.15) is 37.9 Å². The van der Waals surface area contributed by atoms with Crippen LogP contribution in [0.25, 0.3) is 5.76 Å². The van der Waals surface area contributed by atoms with Crippen LogP contribution >= 0.6 is 0 Å². The highest BCUT2D eigenvalue weighted by atomic mass is 16.5. The number of likely N-dealkylation sites (tertiary alicyclic amines) is 1. The zero-order chi connectivity index (χ0) is 24.0. The van der Waals surface area contributed by atoms with Crippen molar-refractivity contribution in [3.63, 3.8) is 0 Å². The smallest absolute Gasteiger partial charge is 0.295 e. The van der Waals surface area contributed by atoms with Gasteiger partial charge in [0.1, 0.15) is 17.3 Å². The maximum absolute atomic E-state index is 13.2. The standard InChI is InChI=1S/C26H32N2O5/c1-5-27(6-2)15-16-28-23(19-9-8-10-21(17-19)33-7-3)22(25(30)26(28)31)24(29)18-11-13-20(32-4)14-12-18/h8-14,17,23,29H,5-7,15-16H2,1-4H3. The third-order valence-electron chi connectivity index (χ3n) is 5.94. The van der Waals surface area contributed by atoms with Crippen molar-refractivity contribution >= 4 is 17.4 Å². The highest BCUT2D eigenvalue weighted by Crippen LogP contribution is 2.40. The van der Waals surface area contributed by atoms with E-state index >= 15 is 0 Å². The summed E-state index contributed by atoms with van der Waals surface area (Å²) in [6.07, 6.45) is 0. The summed E-state index contributed by atoms with van der Waals surface area (Å²) in [7, 11) is 1.56. The molecule has 176 valence electrons. The van der Waals surface area contributed by atoms with Crippen molar-refractivity contribution in [3.05, 3.63) is 65.2 Å². The third-order valence-corrected chi connectivity index (χ3v) is 5.94. The van der Waals surface area contributed by atoms with Crippen LogP contribution in [-0.4, -0.2) is 66.5 Å². The molecule has 7 heteroatoms. The van der Waals surface area contributed by atoms with E-state index in [1.165, 1.54) is 0 Å². The fourth-order valence-corrected chi connectivity index (χ4v) is 4.09. The summed E-state index contributed by atoms with van der Waals surface area (Å²) in [6.45, 7) is 9.20. The lowest BCUT2D eigenvalue weighted by Crippen LogP contribution is -2.38. The average Bonchev–Trinajstić information content (AvgIpc) is 3.09. The number of hydrogen-bond acceptors (Lipinski definition) is 6. The van der Waals surface area contributed by atoms with Crippen LogP contribution in [0, 0.1) is 0 Å². The predicted octanol–water partition coefficient (Wildman–Crippen LogP) is 3.86. The Kier molecular flexibility index (Phi) is 8.11. The molecular weight excluding hydrogens is 420 g/mol. The van der Waals surface area contributed by atoms with E-state index in [1.807, 2.05) is 31.2 Å². The maximum Gasteiger partial charge on any atom is 0.295 e. The minimum Gasteiger partial charge on any atom is -0.507 e. The van der Waals surface area contributed by atoms with Crippen LogP contribution in [0.15, 0.2) is 54.1 Å². The van der Waals surface area contributed by atoms with E-state index in [9.17, 15) is 14.7 Å². The first kappa shape index (κ1) is 24.3. The molecule has 1 unspecified atom stereocenters. The number of hydrogen-bond donors (Lipinski definition) is 1. The SMILES string of the molecule is CCOc1cccc(C2C(=C(O)c3ccc(OC)cc3)C(=O)C(=O)N2CCN(CC)CC)c1. The van der Waals surface area contributed by atoms with E-state index < -0.39 is 17.7 Å². The van der Waals surface area contributed by atoms with Gasteiger partial charge in [-0.3, -0.25) is 9.59 Å². The van der Waals surface area contributed by atoms with Crippen LogP contribution in [-0.2, 0) is 9.59 Å². The third kappa shape index (κ3) is 5.20. The van der Waals surface area contributed by atoms with Gasteiger partial charge < -0.3 is 24.4 Å². The quantitative estimate of drug-likeness (QED) is 0.335. The van der Waals surface area contributed by atoms with Crippen LogP contribution < -0.4 is 9.47 Å². The molecule has 0 aromatic heterocycles. The Morgan fingerprint density at radius 2 is 1.73 bits per heavy atom. The van der Waals surface area contributed by atoms with Crippen molar-refractivity contribution in [1.29, 1.82) is 0 Å². The van der Waals surface area contributed by atoms with Gasteiger partial charge in [0, 0.05) is 18.7 Å². The second kappa shape index (κ2) is 11.0. The highest BCUT2D eigenvalue weighted by Gasteiger charge is 2.46. The highest BCUT2D eigenvalue weighted by molar-refractivity contribution is 6.46. The van der Waals surface area contributed by atoms with Crippen molar-refractivity contribution in [2.75, 3.05) is 39.9 Å². The van der Waals surface area contributed by atoms with Gasteiger partial charge in [-0.15, -0.1) is 0 Å². The number of aliphatic hydroxyl groups is 1. The van der Waals surface area contributed by atoms with E-state index in [-0.39, 0.29) is 11.3 Å². The first-order valence-corrected chi connectivity index (χ1v) is 11.3. The van der Waals surface area contributed by atoms with E-state index in [4.69, 9.17) is 9.47 Å². The zero-order valence-corrected chi connectivity index (χ0v) is 19.7. The Morgan fingerprint density at radius 1 is 1.03 bits per heavy atom. The lowest BCUT2D eigenvalue weighted by Gasteiger charge is -2.28. The molecule has 0 radical (unpaired) electrons. The molecule has 1 N–H and O–H groups in total. The predicted molar refractivity (Wildman–Crippen MR) is 127 cm³/mol. The normalized spacial score (nSPS) is 17.6. The average molecular weight is 453 g/mol. The monoisotopic (exact) mass is 452 g/mol. The van der Waals surface area contributed by atoms with Crippen molar-refractivity contribution in [2.45, 2.75) is 26.8 Å². The van der Waals surface area contributed by atoms with Crippen LogP contribution in [0.5, 0.6) is 11.5 Å². The summed E-state index contributed by atoms with van der Waals surface area (Å²) in [6, 6.07) is 13.4. The number of ether oxygens (including phenoxy) is 2. The molecule has 2 aromatic carbocycles. The van der Waals surface area contributed by atoms with Crippen LogP contribution in [0.3, 0.4) is 0 Å². The molecule has 0 aliphatic carbocycles. The first-order chi connectivity index (χ1) is 15.9. The Morgan fingerprint density at radius 3 is 2.33 bits per heavy atom. The molecule has 1 atom stereocenters. The van der Waals surface area contributed by atoms with Gasteiger partial charge in [-0.05, 0) is 62.0 Å². The molecule has 1 fully saturated rings. The van der Waals surface area contributed by atoms with Crippen LogP contribution in [0.2, 0.25) is 0 Å². The van der Waals surface area contributed by atoms with Crippen molar-refractivity contribution in [1.82, 2.24) is 9.80 Å². The van der Waals surface area contributed by atoms with Gasteiger partial charge >= 0.3 is 0 Å². The van der Waals surface area contributed by atoms with Gasteiger partial charge in [-0.1, -0.05) is 26.0 Å². The van der Waals surface area contributed by atoms with Crippen molar-refractivity contribution in [2.24, 2.45) is 0 Å². The number of carbonyl (C=O) groups excluding carboxylic acids is 2. The molecule has 1 saturated heterocycles. The first-order valence-electron chi connectivity index (χ1n) is 11.3. The topological polar surface area (TPSA) is 79.3 Å². The van der Waals surface area contributed by atoms with Crippen molar-refractivity contribution < 1.29 is 24.2 Å². The summed E-state index contributed by atoms with van der Waals surface area (Å²) < 4.78 is 10.8. The number of aliphatic hydroxyl groups excluding tert-OH is 1. The summed E-state index contributed by atoms with van der Waals surface area (Å²) in [5.41, 5.74) is 1.25. The fraction of sp³-hybridized carbons (Fsp3) is 0.385. The lowest BCUT2D eigenvalue weighted by molar-refractivity contribution is -0.140. The second-order valence-corrected chi connectivity index (χ2v) is 7.75. The molecule has 1 aliphatic heterocycles. The molecule has 3 rings (SSSR count). The van der Waals surface area contributed by atoms with Crippen molar-refractivity contribution in [3.8, 4) is 11.5 Å². The number of ketones is 1. The van der Waals surface area contributed by atoms with Crippen LogP contribution in [0.4, 0.5) is 0 Å².